The number of carbonyl (C=O) groups excluding carboxylic acids is 2. The van der Waals surface area contributed by atoms with Gasteiger partial charge in [0.05, 0.1) is 29.5 Å². The summed E-state index contributed by atoms with van der Waals surface area (Å²) in [6, 6.07) is 12.4. The summed E-state index contributed by atoms with van der Waals surface area (Å²) in [5.74, 6) is 0.974. The van der Waals surface area contributed by atoms with E-state index in [4.69, 9.17) is 18.8 Å². The topological polar surface area (TPSA) is 114 Å². The predicted molar refractivity (Wildman–Crippen MR) is 127 cm³/mol. The second-order valence-corrected chi connectivity index (χ2v) is 8.19. The number of piperidine rings is 1. The molecule has 1 aliphatic rings. The molecule has 0 radical (unpaired) electrons. The third-order valence-electron chi connectivity index (χ3n) is 5.86. The van der Waals surface area contributed by atoms with Gasteiger partial charge in [-0.15, -0.1) is 0 Å². The highest BCUT2D eigenvalue weighted by atomic mass is 16.3. The zero-order chi connectivity index (χ0) is 23.5. The maximum absolute atomic E-state index is 12.9. The van der Waals surface area contributed by atoms with E-state index in [9.17, 15) is 9.59 Å². The van der Waals surface area contributed by atoms with Crippen LogP contribution in [0, 0.1) is 5.92 Å². The summed E-state index contributed by atoms with van der Waals surface area (Å²) in [4.78, 5) is 36.3. The molecule has 3 aromatic heterocycles. The van der Waals surface area contributed by atoms with Gasteiger partial charge in [-0.1, -0.05) is 0 Å². The van der Waals surface area contributed by atoms with E-state index in [-0.39, 0.29) is 17.9 Å². The van der Waals surface area contributed by atoms with Gasteiger partial charge in [0, 0.05) is 25.3 Å². The normalized spacial score (nSPS) is 15.9. The number of hydrogen-bond donors (Lipinski definition) is 2. The van der Waals surface area contributed by atoms with Gasteiger partial charge in [-0.2, -0.15) is 0 Å². The highest BCUT2D eigenvalue weighted by molar-refractivity contribution is 5.93. The molecule has 1 unspecified atom stereocenters. The van der Waals surface area contributed by atoms with Crippen LogP contribution >= 0.6 is 0 Å². The van der Waals surface area contributed by atoms with E-state index in [0.29, 0.717) is 59.3 Å². The SMILES string of the molecule is CCNC(=O)C1CCCN(C(=O)Nc2ccc3nc(-c4ccco4)c(-c4ccco4)nc3c2)C1. The first-order valence-corrected chi connectivity index (χ1v) is 11.4. The highest BCUT2D eigenvalue weighted by Crippen LogP contribution is 2.32. The Labute approximate surface area is 196 Å². The van der Waals surface area contributed by atoms with Crippen LogP contribution in [0.4, 0.5) is 10.5 Å². The summed E-state index contributed by atoms with van der Waals surface area (Å²) in [7, 11) is 0. The van der Waals surface area contributed by atoms with Gasteiger partial charge in [-0.3, -0.25) is 4.79 Å². The van der Waals surface area contributed by atoms with Crippen molar-refractivity contribution in [3.05, 3.63) is 55.0 Å². The Hall–Kier alpha value is -4.14. The van der Waals surface area contributed by atoms with E-state index >= 15 is 0 Å². The quantitative estimate of drug-likeness (QED) is 0.453. The number of rotatable bonds is 5. The van der Waals surface area contributed by atoms with Crippen molar-refractivity contribution in [2.75, 3.05) is 25.0 Å². The van der Waals surface area contributed by atoms with E-state index in [2.05, 4.69) is 10.6 Å². The van der Waals surface area contributed by atoms with Crippen LogP contribution < -0.4 is 10.6 Å². The summed E-state index contributed by atoms with van der Waals surface area (Å²) in [6.45, 7) is 3.49. The number of hydrogen-bond acceptors (Lipinski definition) is 6. The van der Waals surface area contributed by atoms with Crippen LogP contribution in [0.1, 0.15) is 19.8 Å². The molecule has 1 saturated heterocycles. The van der Waals surface area contributed by atoms with Crippen LogP contribution in [-0.4, -0.2) is 46.4 Å². The zero-order valence-electron chi connectivity index (χ0n) is 18.8. The monoisotopic (exact) mass is 459 g/mol. The number of furan rings is 2. The summed E-state index contributed by atoms with van der Waals surface area (Å²) < 4.78 is 11.1. The third-order valence-corrected chi connectivity index (χ3v) is 5.86. The number of likely N-dealkylation sites (tertiary alicyclic amines) is 1. The minimum absolute atomic E-state index is 0.00111. The van der Waals surface area contributed by atoms with Crippen LogP contribution in [-0.2, 0) is 4.79 Å². The fraction of sp³-hybridized carbons (Fsp3) is 0.280. The maximum atomic E-state index is 12.9. The van der Waals surface area contributed by atoms with Gasteiger partial charge in [0.2, 0.25) is 5.91 Å². The molecule has 3 amide bonds. The van der Waals surface area contributed by atoms with Crippen LogP contribution in [0.25, 0.3) is 33.9 Å². The van der Waals surface area contributed by atoms with Gasteiger partial charge in [0.1, 0.15) is 11.4 Å². The zero-order valence-corrected chi connectivity index (χ0v) is 18.8. The van der Waals surface area contributed by atoms with Gasteiger partial charge >= 0.3 is 6.03 Å². The minimum atomic E-state index is -0.236. The Morgan fingerprint density at radius 2 is 1.74 bits per heavy atom. The molecule has 1 atom stereocenters. The fourth-order valence-corrected chi connectivity index (χ4v) is 4.20. The molecule has 4 aromatic rings. The molecule has 0 saturated carbocycles. The maximum Gasteiger partial charge on any atom is 0.321 e. The molecule has 9 heteroatoms. The first-order chi connectivity index (χ1) is 16.6. The van der Waals surface area contributed by atoms with Crippen molar-refractivity contribution in [3.63, 3.8) is 0 Å². The molecule has 0 aliphatic carbocycles. The van der Waals surface area contributed by atoms with E-state index in [1.807, 2.05) is 25.1 Å². The lowest BCUT2D eigenvalue weighted by molar-refractivity contribution is -0.126. The molecule has 2 N–H and O–H groups in total. The van der Waals surface area contributed by atoms with Crippen LogP contribution in [0.15, 0.2) is 63.8 Å². The number of nitrogens with one attached hydrogen (secondary N) is 2. The van der Waals surface area contributed by atoms with Gasteiger partial charge in [-0.25, -0.2) is 14.8 Å². The minimum Gasteiger partial charge on any atom is -0.463 e. The molecular formula is C25H25N5O4. The molecule has 4 heterocycles. The van der Waals surface area contributed by atoms with Crippen molar-refractivity contribution in [1.82, 2.24) is 20.2 Å². The number of amides is 3. The standard InChI is InChI=1S/C25H25N5O4/c1-2-26-24(31)16-6-3-11-30(15-16)25(32)27-17-9-10-18-19(14-17)29-23(21-8-5-13-34-21)22(28-18)20-7-4-12-33-20/h4-5,7-10,12-14,16H,2-3,6,11,15H2,1H3,(H,26,31)(H,27,32). The lowest BCUT2D eigenvalue weighted by atomic mass is 9.97. The van der Waals surface area contributed by atoms with Crippen molar-refractivity contribution in [2.24, 2.45) is 5.92 Å². The molecule has 174 valence electrons. The first kappa shape index (κ1) is 21.7. The van der Waals surface area contributed by atoms with Gasteiger partial charge in [0.25, 0.3) is 0 Å². The van der Waals surface area contributed by atoms with E-state index in [1.54, 1.807) is 41.7 Å². The van der Waals surface area contributed by atoms with E-state index < -0.39 is 0 Å². The first-order valence-electron chi connectivity index (χ1n) is 11.4. The largest absolute Gasteiger partial charge is 0.463 e. The average Bonchev–Trinajstić information content (AvgIpc) is 3.58. The summed E-state index contributed by atoms with van der Waals surface area (Å²) in [5, 5.41) is 5.79. The number of benzene rings is 1. The van der Waals surface area contributed by atoms with Gasteiger partial charge in [-0.05, 0) is 62.2 Å². The number of carbonyl (C=O) groups is 2. The molecule has 34 heavy (non-hydrogen) atoms. The number of fused-ring (bicyclic) bond motifs is 1. The van der Waals surface area contributed by atoms with E-state index in [1.165, 1.54) is 0 Å². The molecule has 1 fully saturated rings. The number of aromatic nitrogens is 2. The lowest BCUT2D eigenvalue weighted by Gasteiger charge is -2.32. The average molecular weight is 460 g/mol. The Balaban J connectivity index is 1.40. The molecule has 0 spiro atoms. The van der Waals surface area contributed by atoms with Gasteiger partial charge < -0.3 is 24.4 Å². The Morgan fingerprint density at radius 1 is 1.03 bits per heavy atom. The van der Waals surface area contributed by atoms with Gasteiger partial charge in [0.15, 0.2) is 11.5 Å². The van der Waals surface area contributed by atoms with Crippen LogP contribution in [0.2, 0.25) is 0 Å². The highest BCUT2D eigenvalue weighted by Gasteiger charge is 2.28. The number of anilines is 1. The predicted octanol–water partition coefficient (Wildman–Crippen LogP) is 4.53. The molecule has 5 rings (SSSR count). The second kappa shape index (κ2) is 9.38. The molecule has 9 nitrogen and oxygen atoms in total. The van der Waals surface area contributed by atoms with Crippen LogP contribution in [0.5, 0.6) is 0 Å². The van der Waals surface area contributed by atoms with Crippen molar-refractivity contribution in [1.29, 1.82) is 0 Å². The number of nitrogens with zero attached hydrogens (tertiary/aromatic N) is 3. The molecule has 1 aliphatic heterocycles. The van der Waals surface area contributed by atoms with E-state index in [0.717, 1.165) is 12.8 Å². The summed E-state index contributed by atoms with van der Waals surface area (Å²) in [6.07, 6.45) is 4.74. The van der Waals surface area contributed by atoms with Crippen molar-refractivity contribution < 1.29 is 18.4 Å². The molecule has 0 bridgehead atoms. The lowest BCUT2D eigenvalue weighted by Crippen LogP contribution is -2.46. The van der Waals surface area contributed by atoms with Crippen molar-refractivity contribution in [2.45, 2.75) is 19.8 Å². The second-order valence-electron chi connectivity index (χ2n) is 8.19. The molecule has 1 aromatic carbocycles. The smallest absolute Gasteiger partial charge is 0.321 e. The van der Waals surface area contributed by atoms with Crippen LogP contribution in [0.3, 0.4) is 0 Å². The van der Waals surface area contributed by atoms with Crippen molar-refractivity contribution in [3.8, 4) is 22.9 Å². The Morgan fingerprint density at radius 3 is 2.38 bits per heavy atom. The fourth-order valence-electron chi connectivity index (χ4n) is 4.20. The summed E-state index contributed by atoms with van der Waals surface area (Å²) >= 11 is 0. The molecular weight excluding hydrogens is 434 g/mol. The third kappa shape index (κ3) is 4.36. The Kier molecular flexibility index (Phi) is 5.99. The number of urea groups is 1. The summed E-state index contributed by atoms with van der Waals surface area (Å²) in [5.41, 5.74) is 3.00. The van der Waals surface area contributed by atoms with Crippen molar-refractivity contribution >= 4 is 28.7 Å². The Bertz CT molecular complexity index is 1300.